The molecule has 3 aromatic heterocycles. The van der Waals surface area contributed by atoms with Gasteiger partial charge in [-0.3, -0.25) is 4.40 Å². The Morgan fingerprint density at radius 3 is 2.34 bits per heavy atom. The molecule has 5 rings (SSSR count). The van der Waals surface area contributed by atoms with Crippen LogP contribution in [0, 0.1) is 0 Å². The van der Waals surface area contributed by atoms with E-state index in [1.807, 2.05) is 44.2 Å². The molecule has 1 N–H and O–H groups in total. The Morgan fingerprint density at radius 1 is 0.921 bits per heavy atom. The highest BCUT2D eigenvalue weighted by atomic mass is 19.4. The van der Waals surface area contributed by atoms with Crippen LogP contribution < -0.4 is 5.32 Å². The smallest absolute Gasteiger partial charge is 0.351 e. The molecule has 0 spiro atoms. The summed E-state index contributed by atoms with van der Waals surface area (Å²) in [6, 6.07) is 15.2. The van der Waals surface area contributed by atoms with Crippen LogP contribution in [0.5, 0.6) is 0 Å². The largest absolute Gasteiger partial charge is 0.434 e. The molecule has 2 aromatic carbocycles. The average Bonchev–Trinajstić information content (AvgIpc) is 3.55. The van der Waals surface area contributed by atoms with E-state index in [9.17, 15) is 13.2 Å². The molecular weight excluding hydrogens is 491 g/mol. The van der Waals surface area contributed by atoms with Gasteiger partial charge >= 0.3 is 6.18 Å². The molecule has 5 aromatic rings. The first-order valence-electron chi connectivity index (χ1n) is 12.4. The van der Waals surface area contributed by atoms with Crippen LogP contribution in [0.25, 0.3) is 28.6 Å². The van der Waals surface area contributed by atoms with Crippen molar-refractivity contribution in [3.63, 3.8) is 0 Å². The molecule has 0 saturated carbocycles. The summed E-state index contributed by atoms with van der Waals surface area (Å²) in [6.45, 7) is 8.37. The summed E-state index contributed by atoms with van der Waals surface area (Å²) in [4.78, 5) is 17.7. The fourth-order valence-corrected chi connectivity index (χ4v) is 4.36. The zero-order valence-corrected chi connectivity index (χ0v) is 21.5. The molecule has 0 fully saturated rings. The number of anilines is 1. The highest BCUT2D eigenvalue weighted by Crippen LogP contribution is 2.33. The van der Waals surface area contributed by atoms with Gasteiger partial charge in [0.25, 0.3) is 0 Å². The van der Waals surface area contributed by atoms with Crippen molar-refractivity contribution in [1.82, 2.24) is 28.9 Å². The summed E-state index contributed by atoms with van der Waals surface area (Å²) in [6.07, 6.45) is 0.0382. The van der Waals surface area contributed by atoms with Crippen molar-refractivity contribution in [2.24, 2.45) is 0 Å². The Labute approximate surface area is 218 Å². The van der Waals surface area contributed by atoms with Gasteiger partial charge in [0.2, 0.25) is 11.7 Å². The van der Waals surface area contributed by atoms with Crippen molar-refractivity contribution in [2.75, 3.05) is 5.32 Å². The zero-order chi connectivity index (χ0) is 27.0. The van der Waals surface area contributed by atoms with Crippen LogP contribution in [0.3, 0.4) is 0 Å². The molecule has 0 amide bonds. The van der Waals surface area contributed by atoms with Crippen LogP contribution in [0.1, 0.15) is 56.5 Å². The Balaban J connectivity index is 1.41. The second kappa shape index (κ2) is 9.92. The lowest BCUT2D eigenvalue weighted by Crippen LogP contribution is -2.09. The SMILES string of the molecule is CC(C)c1ccccc1-c1nc(NCc2ccc(-c3nc(C(F)(F)F)cn3C(C)C)cc2)n2ccnc2n1. The van der Waals surface area contributed by atoms with E-state index in [0.717, 1.165) is 22.9 Å². The third-order valence-corrected chi connectivity index (χ3v) is 6.33. The van der Waals surface area contributed by atoms with E-state index in [-0.39, 0.29) is 11.9 Å². The first-order valence-corrected chi connectivity index (χ1v) is 12.4. The Kier molecular flexibility index (Phi) is 6.64. The Hall–Kier alpha value is -4.21. The number of aromatic nitrogens is 6. The van der Waals surface area contributed by atoms with Gasteiger partial charge in [-0.05, 0) is 30.9 Å². The van der Waals surface area contributed by atoms with E-state index in [1.165, 1.54) is 0 Å². The maximum Gasteiger partial charge on any atom is 0.434 e. The second-order valence-corrected chi connectivity index (χ2v) is 9.71. The monoisotopic (exact) mass is 519 g/mol. The van der Waals surface area contributed by atoms with Crippen molar-refractivity contribution in [1.29, 1.82) is 0 Å². The number of fused-ring (bicyclic) bond motifs is 1. The van der Waals surface area contributed by atoms with Gasteiger partial charge in [0.15, 0.2) is 11.5 Å². The lowest BCUT2D eigenvalue weighted by atomic mass is 9.97. The first kappa shape index (κ1) is 25.4. The van der Waals surface area contributed by atoms with Gasteiger partial charge in [-0.15, -0.1) is 0 Å². The van der Waals surface area contributed by atoms with Crippen LogP contribution in [-0.4, -0.2) is 28.9 Å². The lowest BCUT2D eigenvalue weighted by Gasteiger charge is -2.14. The number of hydrogen-bond donors (Lipinski definition) is 1. The fraction of sp³-hybridized carbons (Fsp3) is 0.286. The number of rotatable bonds is 7. The van der Waals surface area contributed by atoms with Crippen LogP contribution in [0.2, 0.25) is 0 Å². The number of imidazole rings is 2. The predicted octanol–water partition coefficient (Wildman–Crippen LogP) is 6.99. The molecule has 0 unspecified atom stereocenters. The quantitative estimate of drug-likeness (QED) is 0.251. The van der Waals surface area contributed by atoms with E-state index >= 15 is 0 Å². The minimum Gasteiger partial charge on any atom is -0.351 e. The molecule has 10 heteroatoms. The van der Waals surface area contributed by atoms with E-state index in [1.54, 1.807) is 33.5 Å². The minimum absolute atomic E-state index is 0.166. The van der Waals surface area contributed by atoms with Crippen molar-refractivity contribution < 1.29 is 13.2 Å². The number of nitrogens with zero attached hydrogens (tertiary/aromatic N) is 6. The third kappa shape index (κ3) is 4.98. The molecule has 0 atom stereocenters. The summed E-state index contributed by atoms with van der Waals surface area (Å²) in [5.41, 5.74) is 2.76. The van der Waals surface area contributed by atoms with Crippen LogP contribution in [0.4, 0.5) is 19.1 Å². The van der Waals surface area contributed by atoms with Crippen molar-refractivity contribution >= 4 is 11.7 Å². The molecule has 0 aliphatic carbocycles. The summed E-state index contributed by atoms with van der Waals surface area (Å²) in [5, 5.41) is 3.36. The second-order valence-electron chi connectivity index (χ2n) is 9.71. The summed E-state index contributed by atoms with van der Waals surface area (Å²) < 4.78 is 43.1. The molecule has 38 heavy (non-hydrogen) atoms. The molecule has 196 valence electrons. The predicted molar refractivity (Wildman–Crippen MR) is 141 cm³/mol. The van der Waals surface area contributed by atoms with Crippen molar-refractivity contribution in [3.8, 4) is 22.8 Å². The van der Waals surface area contributed by atoms with Crippen LogP contribution in [0.15, 0.2) is 67.1 Å². The van der Waals surface area contributed by atoms with Crippen LogP contribution in [-0.2, 0) is 12.7 Å². The number of halogens is 3. The van der Waals surface area contributed by atoms with Gasteiger partial charge < -0.3 is 9.88 Å². The maximum absolute atomic E-state index is 13.3. The molecule has 0 saturated heterocycles. The molecule has 0 aliphatic heterocycles. The number of alkyl halides is 3. The summed E-state index contributed by atoms with van der Waals surface area (Å²) in [5.74, 6) is 2.31. The number of hydrogen-bond acceptors (Lipinski definition) is 5. The maximum atomic E-state index is 13.3. The van der Waals surface area contributed by atoms with E-state index < -0.39 is 11.9 Å². The van der Waals surface area contributed by atoms with Gasteiger partial charge in [-0.1, -0.05) is 62.4 Å². The van der Waals surface area contributed by atoms with E-state index in [2.05, 4.69) is 40.2 Å². The minimum atomic E-state index is -4.50. The van der Waals surface area contributed by atoms with Gasteiger partial charge in [0.05, 0.1) is 0 Å². The Morgan fingerprint density at radius 2 is 1.66 bits per heavy atom. The van der Waals surface area contributed by atoms with Gasteiger partial charge in [-0.2, -0.15) is 23.1 Å². The Bertz CT molecular complexity index is 1560. The van der Waals surface area contributed by atoms with Gasteiger partial charge in [-0.25, -0.2) is 9.97 Å². The molecular formula is C28H28F3N7. The molecule has 0 aliphatic rings. The summed E-state index contributed by atoms with van der Waals surface area (Å²) in [7, 11) is 0. The van der Waals surface area contributed by atoms with Crippen molar-refractivity contribution in [2.45, 2.75) is 52.4 Å². The first-order chi connectivity index (χ1) is 18.1. The molecule has 0 bridgehead atoms. The highest BCUT2D eigenvalue weighted by Gasteiger charge is 2.35. The number of nitrogens with one attached hydrogen (secondary N) is 1. The standard InChI is InChI=1S/C28H28F3N7/c1-17(2)21-7-5-6-8-22(21)24-35-26-32-13-14-37(26)27(36-24)33-15-19-9-11-20(12-10-19)25-34-23(28(29,30)31)16-38(25)18(3)4/h5-14,16-18H,15H2,1-4H3,(H,32,33,35,36). The topological polar surface area (TPSA) is 72.9 Å². The van der Waals surface area contributed by atoms with Crippen LogP contribution >= 0.6 is 0 Å². The molecule has 3 heterocycles. The van der Waals surface area contributed by atoms with Gasteiger partial charge in [0, 0.05) is 42.3 Å². The van der Waals surface area contributed by atoms with Gasteiger partial charge in [0.1, 0.15) is 5.82 Å². The molecule has 7 nitrogen and oxygen atoms in total. The van der Waals surface area contributed by atoms with E-state index in [4.69, 9.17) is 4.98 Å². The fourth-order valence-electron chi connectivity index (χ4n) is 4.36. The highest BCUT2D eigenvalue weighted by molar-refractivity contribution is 5.64. The lowest BCUT2D eigenvalue weighted by molar-refractivity contribution is -0.140. The number of benzene rings is 2. The molecule has 0 radical (unpaired) electrons. The zero-order valence-electron chi connectivity index (χ0n) is 21.5. The average molecular weight is 520 g/mol. The van der Waals surface area contributed by atoms with Crippen molar-refractivity contribution in [3.05, 3.63) is 83.9 Å². The third-order valence-electron chi connectivity index (χ3n) is 6.33. The normalized spacial score (nSPS) is 12.1. The summed E-state index contributed by atoms with van der Waals surface area (Å²) >= 11 is 0. The van der Waals surface area contributed by atoms with E-state index in [0.29, 0.717) is 35.6 Å².